The van der Waals surface area contributed by atoms with Crippen LogP contribution in [0.5, 0.6) is 0 Å². The van der Waals surface area contributed by atoms with Gasteiger partial charge in [0.2, 0.25) is 0 Å². The predicted octanol–water partition coefficient (Wildman–Crippen LogP) is 2.14. The summed E-state index contributed by atoms with van der Waals surface area (Å²) in [5.74, 6) is 0. The first-order valence-corrected chi connectivity index (χ1v) is 7.62. The number of hydrogen-bond donors (Lipinski definition) is 4. The van der Waals surface area contributed by atoms with E-state index >= 15 is 0 Å². The zero-order valence-corrected chi connectivity index (χ0v) is 13.5. The first kappa shape index (κ1) is 16.5. The lowest BCUT2D eigenvalue weighted by molar-refractivity contribution is 0.675. The molecule has 0 aliphatic heterocycles. The molecular weight excluding hydrogens is 312 g/mol. The smallest absolute Gasteiger partial charge is 0.135 e. The SMILES string of the molecule is NC(NC(=S)C(=S)NC(N)c1ccccc1)c1ccccc1. The van der Waals surface area contributed by atoms with E-state index in [4.69, 9.17) is 35.9 Å². The van der Waals surface area contributed by atoms with Crippen LogP contribution in [0.3, 0.4) is 0 Å². The van der Waals surface area contributed by atoms with Crippen LogP contribution in [0.2, 0.25) is 0 Å². The van der Waals surface area contributed by atoms with Gasteiger partial charge >= 0.3 is 0 Å². The van der Waals surface area contributed by atoms with Gasteiger partial charge in [-0.2, -0.15) is 0 Å². The molecule has 0 heterocycles. The van der Waals surface area contributed by atoms with Gasteiger partial charge < -0.3 is 22.1 Å². The summed E-state index contributed by atoms with van der Waals surface area (Å²) in [6.45, 7) is 0. The van der Waals surface area contributed by atoms with Crippen LogP contribution in [0, 0.1) is 0 Å². The van der Waals surface area contributed by atoms with Crippen LogP contribution >= 0.6 is 24.4 Å². The summed E-state index contributed by atoms with van der Waals surface area (Å²) in [7, 11) is 0. The summed E-state index contributed by atoms with van der Waals surface area (Å²) >= 11 is 10.5. The van der Waals surface area contributed by atoms with Crippen LogP contribution in [0.15, 0.2) is 60.7 Å². The lowest BCUT2D eigenvalue weighted by Crippen LogP contribution is -2.44. The maximum absolute atomic E-state index is 6.06. The molecule has 2 rings (SSSR count). The third kappa shape index (κ3) is 4.57. The quantitative estimate of drug-likeness (QED) is 0.508. The van der Waals surface area contributed by atoms with E-state index in [1.807, 2.05) is 60.7 Å². The minimum Gasteiger partial charge on any atom is -0.355 e. The van der Waals surface area contributed by atoms with Gasteiger partial charge in [-0.15, -0.1) is 0 Å². The van der Waals surface area contributed by atoms with Crippen molar-refractivity contribution >= 4 is 34.4 Å². The van der Waals surface area contributed by atoms with Gasteiger partial charge in [0.1, 0.15) is 22.3 Å². The van der Waals surface area contributed by atoms with Crippen molar-refractivity contribution in [3.63, 3.8) is 0 Å². The summed E-state index contributed by atoms with van der Waals surface area (Å²) in [6.07, 6.45) is -0.831. The average molecular weight is 330 g/mol. The summed E-state index contributed by atoms with van der Waals surface area (Å²) in [6, 6.07) is 19.2. The largest absolute Gasteiger partial charge is 0.355 e. The molecule has 0 radical (unpaired) electrons. The monoisotopic (exact) mass is 330 g/mol. The fourth-order valence-electron chi connectivity index (χ4n) is 1.90. The second kappa shape index (κ2) is 7.95. The van der Waals surface area contributed by atoms with E-state index in [0.29, 0.717) is 9.98 Å². The highest BCUT2D eigenvalue weighted by Crippen LogP contribution is 2.08. The highest BCUT2D eigenvalue weighted by atomic mass is 32.1. The molecular formula is C16H18N4S2. The molecule has 6 heteroatoms. The zero-order chi connectivity index (χ0) is 15.9. The standard InChI is InChI=1S/C16H18N4S2/c17-13(11-7-3-1-4-8-11)19-15(21)16(22)20-14(18)12-9-5-2-6-10-12/h1-10,13-14H,17-18H2,(H,19,21)(H,20,22). The molecule has 0 bridgehead atoms. The van der Waals surface area contributed by atoms with Gasteiger partial charge in [0.05, 0.1) is 0 Å². The maximum Gasteiger partial charge on any atom is 0.135 e. The van der Waals surface area contributed by atoms with E-state index in [1.54, 1.807) is 0 Å². The third-order valence-corrected chi connectivity index (χ3v) is 3.87. The Labute approximate surface area is 140 Å². The van der Waals surface area contributed by atoms with Crippen LogP contribution in [0.4, 0.5) is 0 Å². The number of hydrogen-bond acceptors (Lipinski definition) is 4. The molecule has 114 valence electrons. The fraction of sp³-hybridized carbons (Fsp3) is 0.125. The van der Waals surface area contributed by atoms with Gasteiger partial charge in [-0.05, 0) is 11.1 Å². The number of rotatable bonds is 4. The van der Waals surface area contributed by atoms with Gasteiger partial charge in [0.15, 0.2) is 0 Å². The van der Waals surface area contributed by atoms with Crippen molar-refractivity contribution in [2.24, 2.45) is 11.5 Å². The number of nitrogens with one attached hydrogen (secondary N) is 2. The Hall–Kier alpha value is -1.86. The van der Waals surface area contributed by atoms with Crippen molar-refractivity contribution in [3.05, 3.63) is 71.8 Å². The Morgan fingerprint density at radius 1 is 0.682 bits per heavy atom. The Kier molecular flexibility index (Phi) is 5.97. The normalized spacial score (nSPS) is 13.0. The lowest BCUT2D eigenvalue weighted by Gasteiger charge is -2.20. The van der Waals surface area contributed by atoms with Crippen LogP contribution in [0.1, 0.15) is 23.5 Å². The van der Waals surface area contributed by atoms with E-state index in [1.165, 1.54) is 0 Å². The number of thiocarbonyl (C=S) groups is 2. The molecule has 0 aliphatic carbocycles. The molecule has 0 amide bonds. The third-order valence-electron chi connectivity index (χ3n) is 3.10. The molecule has 0 fully saturated rings. The molecule has 0 saturated heterocycles. The van der Waals surface area contributed by atoms with Crippen molar-refractivity contribution in [1.29, 1.82) is 0 Å². The first-order chi connectivity index (χ1) is 10.6. The summed E-state index contributed by atoms with van der Waals surface area (Å²) in [5.41, 5.74) is 14.0. The Morgan fingerprint density at radius 3 is 1.32 bits per heavy atom. The van der Waals surface area contributed by atoms with Crippen molar-refractivity contribution in [3.8, 4) is 0 Å². The van der Waals surface area contributed by atoms with Gasteiger partial charge in [-0.1, -0.05) is 85.1 Å². The summed E-state index contributed by atoms with van der Waals surface area (Å²) in [5, 5.41) is 6.01. The van der Waals surface area contributed by atoms with Crippen LogP contribution in [-0.4, -0.2) is 9.98 Å². The summed E-state index contributed by atoms with van der Waals surface area (Å²) in [4.78, 5) is 0.746. The van der Waals surface area contributed by atoms with Crippen molar-refractivity contribution < 1.29 is 0 Å². The van der Waals surface area contributed by atoms with E-state index in [0.717, 1.165) is 11.1 Å². The molecule has 2 aromatic rings. The van der Waals surface area contributed by atoms with Crippen LogP contribution < -0.4 is 22.1 Å². The van der Waals surface area contributed by atoms with E-state index in [9.17, 15) is 0 Å². The first-order valence-electron chi connectivity index (χ1n) is 6.80. The molecule has 2 atom stereocenters. The molecule has 0 spiro atoms. The molecule has 22 heavy (non-hydrogen) atoms. The molecule has 4 nitrogen and oxygen atoms in total. The van der Waals surface area contributed by atoms with Gasteiger partial charge in [0.25, 0.3) is 0 Å². The summed E-state index contributed by atoms with van der Waals surface area (Å²) < 4.78 is 0. The van der Waals surface area contributed by atoms with Gasteiger partial charge in [-0.3, -0.25) is 0 Å². The lowest BCUT2D eigenvalue weighted by atomic mass is 10.2. The highest BCUT2D eigenvalue weighted by Gasteiger charge is 2.13. The highest BCUT2D eigenvalue weighted by molar-refractivity contribution is 7.89. The van der Waals surface area contributed by atoms with Crippen LogP contribution in [0.25, 0.3) is 0 Å². The Bertz CT molecular complexity index is 574. The molecule has 0 aromatic heterocycles. The molecule has 2 aromatic carbocycles. The topological polar surface area (TPSA) is 76.1 Å². The average Bonchev–Trinajstić information content (AvgIpc) is 2.56. The van der Waals surface area contributed by atoms with Gasteiger partial charge in [-0.25, -0.2) is 0 Å². The van der Waals surface area contributed by atoms with E-state index in [-0.39, 0.29) is 0 Å². The number of benzene rings is 2. The second-order valence-corrected chi connectivity index (χ2v) is 5.54. The minimum atomic E-state index is -0.415. The Morgan fingerprint density at radius 2 is 1.00 bits per heavy atom. The van der Waals surface area contributed by atoms with E-state index < -0.39 is 12.3 Å². The van der Waals surface area contributed by atoms with Gasteiger partial charge in [0, 0.05) is 0 Å². The zero-order valence-electron chi connectivity index (χ0n) is 11.9. The Balaban J connectivity index is 1.91. The number of nitrogens with two attached hydrogens (primary N) is 2. The van der Waals surface area contributed by atoms with Crippen molar-refractivity contribution in [2.45, 2.75) is 12.3 Å². The molecule has 0 saturated carbocycles. The van der Waals surface area contributed by atoms with Crippen LogP contribution in [-0.2, 0) is 0 Å². The fourth-order valence-corrected chi connectivity index (χ4v) is 2.27. The molecule has 6 N–H and O–H groups in total. The van der Waals surface area contributed by atoms with Crippen molar-refractivity contribution in [2.75, 3.05) is 0 Å². The van der Waals surface area contributed by atoms with Crippen molar-refractivity contribution in [1.82, 2.24) is 10.6 Å². The minimum absolute atomic E-state index is 0.373. The molecule has 2 unspecified atom stereocenters. The van der Waals surface area contributed by atoms with E-state index in [2.05, 4.69) is 10.6 Å². The second-order valence-electron chi connectivity index (χ2n) is 4.72. The predicted molar refractivity (Wildman–Crippen MR) is 98.2 cm³/mol. The maximum atomic E-state index is 6.06. The molecule has 0 aliphatic rings.